The summed E-state index contributed by atoms with van der Waals surface area (Å²) in [5.41, 5.74) is 2.39. The Bertz CT molecular complexity index is 372. The molecule has 1 aromatic rings. The van der Waals surface area contributed by atoms with Gasteiger partial charge in [-0.05, 0) is 43.0 Å². The van der Waals surface area contributed by atoms with Crippen LogP contribution in [-0.2, 0) is 4.74 Å². The first-order chi connectivity index (χ1) is 8.22. The molecule has 2 nitrogen and oxygen atoms in total. The predicted molar refractivity (Wildman–Crippen MR) is 69.9 cm³/mol. The molecule has 1 aliphatic rings. The molecule has 0 spiro atoms. The molecule has 0 N–H and O–H groups in total. The first-order valence-electron chi connectivity index (χ1n) is 6.08. The molecule has 0 aromatic heterocycles. The van der Waals surface area contributed by atoms with Crippen LogP contribution >= 0.6 is 11.6 Å². The highest BCUT2D eigenvalue weighted by atomic mass is 35.5. The van der Waals surface area contributed by atoms with E-state index < -0.39 is 0 Å². The summed E-state index contributed by atoms with van der Waals surface area (Å²) in [7, 11) is 1.68. The van der Waals surface area contributed by atoms with Gasteiger partial charge in [0.2, 0.25) is 0 Å². The summed E-state index contributed by atoms with van der Waals surface area (Å²) in [4.78, 5) is 0. The van der Waals surface area contributed by atoms with Gasteiger partial charge in [0.05, 0.1) is 19.1 Å². The quantitative estimate of drug-likeness (QED) is 0.766. The summed E-state index contributed by atoms with van der Waals surface area (Å²) in [6.07, 6.45) is 2.27. The molecule has 2 unspecified atom stereocenters. The van der Waals surface area contributed by atoms with E-state index in [9.17, 15) is 0 Å². The van der Waals surface area contributed by atoms with Crippen molar-refractivity contribution in [1.29, 1.82) is 0 Å². The lowest BCUT2D eigenvalue weighted by Gasteiger charge is -2.27. The number of rotatable bonds is 3. The molecule has 0 radical (unpaired) electrons. The number of hydrogen-bond donors (Lipinski definition) is 0. The van der Waals surface area contributed by atoms with E-state index in [2.05, 4.69) is 13.0 Å². The molecule has 17 heavy (non-hydrogen) atoms. The van der Waals surface area contributed by atoms with Crippen molar-refractivity contribution in [3.05, 3.63) is 29.3 Å². The number of ether oxygens (including phenoxy) is 2. The molecule has 1 fully saturated rings. The minimum absolute atomic E-state index is 0.0428. The van der Waals surface area contributed by atoms with Crippen molar-refractivity contribution in [3.8, 4) is 5.75 Å². The van der Waals surface area contributed by atoms with Gasteiger partial charge in [-0.15, -0.1) is 11.6 Å². The maximum Gasteiger partial charge on any atom is 0.119 e. The molecule has 0 amide bonds. The highest BCUT2D eigenvalue weighted by Crippen LogP contribution is 2.36. The average molecular weight is 255 g/mol. The van der Waals surface area contributed by atoms with Crippen LogP contribution in [0.5, 0.6) is 5.75 Å². The Morgan fingerprint density at radius 2 is 2.29 bits per heavy atom. The van der Waals surface area contributed by atoms with Crippen molar-refractivity contribution in [3.63, 3.8) is 0 Å². The summed E-state index contributed by atoms with van der Waals surface area (Å²) in [5, 5.41) is 0.0428. The zero-order chi connectivity index (χ0) is 12.3. The van der Waals surface area contributed by atoms with E-state index in [4.69, 9.17) is 21.1 Å². The molecule has 1 heterocycles. The highest BCUT2D eigenvalue weighted by molar-refractivity contribution is 6.21. The lowest BCUT2D eigenvalue weighted by atomic mass is 9.91. The van der Waals surface area contributed by atoms with Crippen LogP contribution in [0.3, 0.4) is 0 Å². The van der Waals surface area contributed by atoms with Crippen LogP contribution < -0.4 is 4.74 Å². The van der Waals surface area contributed by atoms with Crippen LogP contribution in [0.2, 0.25) is 0 Å². The Morgan fingerprint density at radius 1 is 1.47 bits per heavy atom. The summed E-state index contributed by atoms with van der Waals surface area (Å²) in [6.45, 7) is 3.73. The van der Waals surface area contributed by atoms with Gasteiger partial charge in [0.25, 0.3) is 0 Å². The van der Waals surface area contributed by atoms with Crippen LogP contribution in [0.4, 0.5) is 0 Å². The Hall–Kier alpha value is -0.730. The third-order valence-electron chi connectivity index (χ3n) is 3.38. The highest BCUT2D eigenvalue weighted by Gasteiger charge is 2.24. The molecular weight excluding hydrogens is 236 g/mol. The number of aryl methyl sites for hydroxylation is 1. The fourth-order valence-corrected chi connectivity index (χ4v) is 2.78. The monoisotopic (exact) mass is 254 g/mol. The third kappa shape index (κ3) is 2.93. The molecule has 94 valence electrons. The number of methoxy groups -OCH3 is 1. The smallest absolute Gasteiger partial charge is 0.119 e. The third-order valence-corrected chi connectivity index (χ3v) is 3.97. The lowest BCUT2D eigenvalue weighted by Crippen LogP contribution is -2.21. The van der Waals surface area contributed by atoms with E-state index in [1.54, 1.807) is 7.11 Å². The Kier molecular flexibility index (Phi) is 4.30. The Balaban J connectivity index is 2.15. The summed E-state index contributed by atoms with van der Waals surface area (Å²) >= 11 is 6.57. The van der Waals surface area contributed by atoms with Crippen LogP contribution in [0.1, 0.15) is 29.3 Å². The van der Waals surface area contributed by atoms with E-state index >= 15 is 0 Å². The van der Waals surface area contributed by atoms with Gasteiger partial charge in [0.15, 0.2) is 0 Å². The largest absolute Gasteiger partial charge is 0.497 e. The van der Waals surface area contributed by atoms with Gasteiger partial charge in [-0.1, -0.05) is 6.07 Å². The Labute approximate surface area is 108 Å². The second kappa shape index (κ2) is 5.74. The predicted octanol–water partition coefficient (Wildman–Crippen LogP) is 3.71. The molecular formula is C14H19ClO2. The van der Waals surface area contributed by atoms with Crippen molar-refractivity contribution < 1.29 is 9.47 Å². The number of benzene rings is 1. The number of hydrogen-bond acceptors (Lipinski definition) is 2. The van der Waals surface area contributed by atoms with E-state index in [1.807, 2.05) is 12.1 Å². The summed E-state index contributed by atoms with van der Waals surface area (Å²) < 4.78 is 10.7. The maximum absolute atomic E-state index is 6.57. The summed E-state index contributed by atoms with van der Waals surface area (Å²) in [5.74, 6) is 1.31. The van der Waals surface area contributed by atoms with Crippen molar-refractivity contribution in [2.45, 2.75) is 25.1 Å². The number of halogens is 1. The minimum Gasteiger partial charge on any atom is -0.497 e. The molecule has 1 saturated heterocycles. The lowest BCUT2D eigenvalue weighted by molar-refractivity contribution is 0.0531. The summed E-state index contributed by atoms with van der Waals surface area (Å²) in [6, 6.07) is 6.08. The topological polar surface area (TPSA) is 18.5 Å². The Morgan fingerprint density at radius 3 is 2.88 bits per heavy atom. The van der Waals surface area contributed by atoms with Gasteiger partial charge in [0, 0.05) is 12.5 Å². The van der Waals surface area contributed by atoms with Gasteiger partial charge >= 0.3 is 0 Å². The zero-order valence-corrected chi connectivity index (χ0v) is 11.2. The molecule has 0 bridgehead atoms. The van der Waals surface area contributed by atoms with Crippen molar-refractivity contribution >= 4 is 11.6 Å². The standard InChI is InChI=1S/C14H19ClO2/c1-10-8-12(16-2)5-6-13(10)14(15)11-4-3-7-17-9-11/h5-6,8,11,14H,3-4,7,9H2,1-2H3. The van der Waals surface area contributed by atoms with Gasteiger partial charge in [-0.2, -0.15) is 0 Å². The molecule has 0 saturated carbocycles. The van der Waals surface area contributed by atoms with Crippen LogP contribution in [-0.4, -0.2) is 20.3 Å². The number of alkyl halides is 1. The fraction of sp³-hybridized carbons (Fsp3) is 0.571. The van der Waals surface area contributed by atoms with Gasteiger partial charge < -0.3 is 9.47 Å². The van der Waals surface area contributed by atoms with Crippen molar-refractivity contribution in [2.75, 3.05) is 20.3 Å². The molecule has 2 rings (SSSR count). The molecule has 3 heteroatoms. The normalized spacial score (nSPS) is 22.2. The van der Waals surface area contributed by atoms with Crippen LogP contribution in [0.15, 0.2) is 18.2 Å². The van der Waals surface area contributed by atoms with Gasteiger partial charge in [-0.3, -0.25) is 0 Å². The first-order valence-corrected chi connectivity index (χ1v) is 6.52. The second-order valence-electron chi connectivity index (χ2n) is 4.60. The fourth-order valence-electron chi connectivity index (χ4n) is 2.33. The van der Waals surface area contributed by atoms with E-state index in [1.165, 1.54) is 11.1 Å². The van der Waals surface area contributed by atoms with Gasteiger partial charge in [0.1, 0.15) is 5.75 Å². The van der Waals surface area contributed by atoms with E-state index in [-0.39, 0.29) is 5.38 Å². The SMILES string of the molecule is COc1ccc(C(Cl)C2CCCOC2)c(C)c1. The minimum atomic E-state index is 0.0428. The van der Waals surface area contributed by atoms with Crippen molar-refractivity contribution in [1.82, 2.24) is 0 Å². The zero-order valence-electron chi connectivity index (χ0n) is 10.4. The van der Waals surface area contributed by atoms with Crippen LogP contribution in [0, 0.1) is 12.8 Å². The van der Waals surface area contributed by atoms with E-state index in [0.29, 0.717) is 5.92 Å². The van der Waals surface area contributed by atoms with Crippen LogP contribution in [0.25, 0.3) is 0 Å². The second-order valence-corrected chi connectivity index (χ2v) is 5.07. The molecule has 1 aliphatic heterocycles. The maximum atomic E-state index is 6.57. The van der Waals surface area contributed by atoms with E-state index in [0.717, 1.165) is 31.8 Å². The van der Waals surface area contributed by atoms with Crippen molar-refractivity contribution in [2.24, 2.45) is 5.92 Å². The average Bonchev–Trinajstić information content (AvgIpc) is 2.39. The molecule has 1 aromatic carbocycles. The molecule has 2 atom stereocenters. The van der Waals surface area contributed by atoms with Gasteiger partial charge in [-0.25, -0.2) is 0 Å². The molecule has 0 aliphatic carbocycles. The first kappa shape index (κ1) is 12.7.